The average molecular weight is 339 g/mol. The number of halogens is 1. The van der Waals surface area contributed by atoms with Gasteiger partial charge >= 0.3 is 0 Å². The smallest absolute Gasteiger partial charge is 0.266 e. The standard InChI is InChI=1S/C13H11BrN2O2S/c1-3-7-5(2)4-6-9-11(19-13(6)15-7)10(17)8(14)12(18)16-9/h4H,3H2,1-2H3,(H2,16,17,18). The molecule has 2 N–H and O–H groups in total. The number of rotatable bonds is 1. The van der Waals surface area contributed by atoms with E-state index < -0.39 is 0 Å². The summed E-state index contributed by atoms with van der Waals surface area (Å²) in [4.78, 5) is 20.0. The summed E-state index contributed by atoms with van der Waals surface area (Å²) < 4.78 is 0.820. The van der Waals surface area contributed by atoms with Gasteiger partial charge in [-0.1, -0.05) is 6.92 Å². The van der Waals surface area contributed by atoms with Gasteiger partial charge in [0.25, 0.3) is 5.56 Å². The van der Waals surface area contributed by atoms with Crippen molar-refractivity contribution in [2.24, 2.45) is 0 Å². The van der Waals surface area contributed by atoms with Crippen LogP contribution in [0.15, 0.2) is 15.3 Å². The van der Waals surface area contributed by atoms with E-state index in [4.69, 9.17) is 0 Å². The number of nitrogens with one attached hydrogen (secondary N) is 1. The number of aromatic amines is 1. The highest BCUT2D eigenvalue weighted by Crippen LogP contribution is 2.39. The lowest BCUT2D eigenvalue weighted by Crippen LogP contribution is -2.05. The number of hydrogen-bond acceptors (Lipinski definition) is 4. The van der Waals surface area contributed by atoms with Gasteiger partial charge in [-0.05, 0) is 40.9 Å². The van der Waals surface area contributed by atoms with E-state index in [2.05, 4.69) is 32.8 Å². The number of pyridine rings is 2. The molecule has 98 valence electrons. The molecule has 0 amide bonds. The maximum absolute atomic E-state index is 11.7. The van der Waals surface area contributed by atoms with Gasteiger partial charge in [-0.15, -0.1) is 11.3 Å². The molecule has 3 rings (SSSR count). The number of fused-ring (bicyclic) bond motifs is 3. The van der Waals surface area contributed by atoms with E-state index in [1.165, 1.54) is 11.3 Å². The Balaban J connectivity index is 2.53. The molecular weight excluding hydrogens is 328 g/mol. The largest absolute Gasteiger partial charge is 0.505 e. The molecule has 0 fully saturated rings. The molecule has 0 aliphatic carbocycles. The monoisotopic (exact) mass is 338 g/mol. The molecule has 0 aliphatic rings. The van der Waals surface area contributed by atoms with Crippen molar-refractivity contribution in [3.8, 4) is 5.75 Å². The molecule has 19 heavy (non-hydrogen) atoms. The van der Waals surface area contributed by atoms with Gasteiger partial charge in [-0.3, -0.25) is 4.79 Å². The van der Waals surface area contributed by atoms with Crippen molar-refractivity contribution in [2.75, 3.05) is 0 Å². The van der Waals surface area contributed by atoms with E-state index in [1.54, 1.807) is 0 Å². The van der Waals surface area contributed by atoms with Crippen molar-refractivity contribution in [3.63, 3.8) is 0 Å². The molecule has 0 atom stereocenters. The third-order valence-corrected chi connectivity index (χ3v) is 5.02. The zero-order chi connectivity index (χ0) is 13.7. The molecule has 0 saturated carbocycles. The van der Waals surface area contributed by atoms with Gasteiger partial charge in [-0.25, -0.2) is 4.98 Å². The summed E-state index contributed by atoms with van der Waals surface area (Å²) in [5.41, 5.74) is 2.46. The summed E-state index contributed by atoms with van der Waals surface area (Å²) in [6, 6.07) is 2.02. The van der Waals surface area contributed by atoms with Crippen LogP contribution in [-0.2, 0) is 6.42 Å². The van der Waals surface area contributed by atoms with E-state index >= 15 is 0 Å². The molecule has 6 heteroatoms. The Morgan fingerprint density at radius 3 is 2.95 bits per heavy atom. The van der Waals surface area contributed by atoms with Crippen LogP contribution in [0.3, 0.4) is 0 Å². The van der Waals surface area contributed by atoms with Crippen LogP contribution in [0.5, 0.6) is 5.75 Å². The fourth-order valence-electron chi connectivity index (χ4n) is 2.18. The number of nitrogens with zero attached hydrogens (tertiary/aromatic N) is 1. The first-order chi connectivity index (χ1) is 9.02. The fraction of sp³-hybridized carbons (Fsp3) is 0.231. The highest BCUT2D eigenvalue weighted by Gasteiger charge is 2.16. The van der Waals surface area contributed by atoms with Crippen LogP contribution in [0.4, 0.5) is 0 Å². The van der Waals surface area contributed by atoms with Crippen LogP contribution in [0.1, 0.15) is 18.2 Å². The number of aromatic nitrogens is 2. The van der Waals surface area contributed by atoms with Crippen LogP contribution in [0.25, 0.3) is 20.4 Å². The lowest BCUT2D eigenvalue weighted by molar-refractivity contribution is 0.478. The first-order valence-electron chi connectivity index (χ1n) is 5.86. The summed E-state index contributed by atoms with van der Waals surface area (Å²) in [6.07, 6.45) is 0.863. The number of hydrogen-bond donors (Lipinski definition) is 2. The highest BCUT2D eigenvalue weighted by molar-refractivity contribution is 9.10. The van der Waals surface area contributed by atoms with Gasteiger partial charge in [-0.2, -0.15) is 0 Å². The Morgan fingerprint density at radius 1 is 1.53 bits per heavy atom. The zero-order valence-electron chi connectivity index (χ0n) is 10.4. The molecule has 0 saturated heterocycles. The van der Waals surface area contributed by atoms with Crippen molar-refractivity contribution in [1.29, 1.82) is 0 Å². The molecule has 3 aromatic heterocycles. The topological polar surface area (TPSA) is 66.0 Å². The van der Waals surface area contributed by atoms with Crippen LogP contribution in [0.2, 0.25) is 0 Å². The van der Waals surface area contributed by atoms with E-state index in [0.717, 1.165) is 27.9 Å². The van der Waals surface area contributed by atoms with Crippen molar-refractivity contribution >= 4 is 47.7 Å². The van der Waals surface area contributed by atoms with E-state index in [0.29, 0.717) is 10.2 Å². The maximum atomic E-state index is 11.7. The molecular formula is C13H11BrN2O2S. The van der Waals surface area contributed by atoms with Gasteiger partial charge in [0, 0.05) is 11.1 Å². The molecule has 0 bridgehead atoms. The Labute approximate surface area is 121 Å². The SMILES string of the molecule is CCc1nc2sc3c(O)c(Br)c(=O)[nH]c3c2cc1C. The maximum Gasteiger partial charge on any atom is 0.266 e. The lowest BCUT2D eigenvalue weighted by atomic mass is 10.1. The molecule has 0 aliphatic heterocycles. The molecule has 0 spiro atoms. The minimum Gasteiger partial charge on any atom is -0.505 e. The summed E-state index contributed by atoms with van der Waals surface area (Å²) in [5, 5.41) is 10.9. The predicted octanol–water partition coefficient (Wildman–Crippen LogP) is 3.48. The molecule has 0 radical (unpaired) electrons. The molecule has 3 aromatic rings. The van der Waals surface area contributed by atoms with Crippen LogP contribution in [-0.4, -0.2) is 15.1 Å². The first-order valence-corrected chi connectivity index (χ1v) is 7.47. The number of thiophene rings is 1. The van der Waals surface area contributed by atoms with Crippen molar-refractivity contribution < 1.29 is 5.11 Å². The second-order valence-electron chi connectivity index (χ2n) is 4.38. The molecule has 3 heterocycles. The molecule has 0 unspecified atom stereocenters. The van der Waals surface area contributed by atoms with Crippen molar-refractivity contribution in [1.82, 2.24) is 9.97 Å². The van der Waals surface area contributed by atoms with Gasteiger partial charge in [0.05, 0.1) is 10.2 Å². The van der Waals surface area contributed by atoms with Crippen LogP contribution >= 0.6 is 27.3 Å². The third-order valence-electron chi connectivity index (χ3n) is 3.17. The van der Waals surface area contributed by atoms with Crippen LogP contribution in [0, 0.1) is 6.92 Å². The van der Waals surface area contributed by atoms with E-state index in [9.17, 15) is 9.90 Å². The first kappa shape index (κ1) is 12.6. The second kappa shape index (κ2) is 4.31. The Bertz CT molecular complexity index is 867. The lowest BCUT2D eigenvalue weighted by Gasteiger charge is -2.01. The Kier molecular flexibility index (Phi) is 2.87. The fourth-order valence-corrected chi connectivity index (χ4v) is 3.69. The second-order valence-corrected chi connectivity index (χ2v) is 6.17. The van der Waals surface area contributed by atoms with Gasteiger partial charge in [0.15, 0.2) is 5.75 Å². The number of aryl methyl sites for hydroxylation is 2. The van der Waals surface area contributed by atoms with Gasteiger partial charge in [0.2, 0.25) is 0 Å². The zero-order valence-corrected chi connectivity index (χ0v) is 12.8. The van der Waals surface area contributed by atoms with Gasteiger partial charge < -0.3 is 10.1 Å². The minimum atomic E-state index is -0.332. The average Bonchev–Trinajstić information content (AvgIpc) is 2.73. The quantitative estimate of drug-likeness (QED) is 0.713. The normalized spacial score (nSPS) is 11.5. The molecule has 0 aromatic carbocycles. The minimum absolute atomic E-state index is 0.0162. The summed E-state index contributed by atoms with van der Waals surface area (Å²) in [5.74, 6) is -0.0162. The van der Waals surface area contributed by atoms with Crippen LogP contribution < -0.4 is 5.56 Å². The van der Waals surface area contributed by atoms with Crippen molar-refractivity contribution in [3.05, 3.63) is 32.2 Å². The van der Waals surface area contributed by atoms with E-state index in [1.807, 2.05) is 13.0 Å². The van der Waals surface area contributed by atoms with Crippen molar-refractivity contribution in [2.45, 2.75) is 20.3 Å². The predicted molar refractivity (Wildman–Crippen MR) is 81.2 cm³/mol. The Hall–Kier alpha value is -1.40. The number of H-pyrrole nitrogens is 1. The summed E-state index contributed by atoms with van der Waals surface area (Å²) in [7, 11) is 0. The summed E-state index contributed by atoms with van der Waals surface area (Å²) >= 11 is 4.48. The third kappa shape index (κ3) is 1.78. The number of aromatic hydroxyl groups is 1. The van der Waals surface area contributed by atoms with Gasteiger partial charge in [0.1, 0.15) is 9.30 Å². The highest BCUT2D eigenvalue weighted by atomic mass is 79.9. The summed E-state index contributed by atoms with van der Waals surface area (Å²) in [6.45, 7) is 4.07. The molecule has 4 nitrogen and oxygen atoms in total. The Morgan fingerprint density at radius 2 is 2.26 bits per heavy atom. The van der Waals surface area contributed by atoms with E-state index in [-0.39, 0.29) is 15.8 Å².